The Labute approximate surface area is 122 Å². The molecule has 0 N–H and O–H groups in total. The van der Waals surface area contributed by atoms with Crippen LogP contribution in [0.25, 0.3) is 0 Å². The fourth-order valence-electron chi connectivity index (χ4n) is 3.20. The summed E-state index contributed by atoms with van der Waals surface area (Å²) in [5.74, 6) is 0.205. The maximum Gasteiger partial charge on any atom is 0.238 e. The van der Waals surface area contributed by atoms with Gasteiger partial charge in [-0.1, -0.05) is 13.8 Å². The van der Waals surface area contributed by atoms with E-state index >= 15 is 0 Å². The molecule has 4 heteroatoms. The first-order chi connectivity index (χ1) is 9.65. The Morgan fingerprint density at radius 1 is 1.00 bits per heavy atom. The van der Waals surface area contributed by atoms with Crippen molar-refractivity contribution in [1.82, 2.24) is 9.80 Å². The Morgan fingerprint density at radius 3 is 2.00 bits per heavy atom. The van der Waals surface area contributed by atoms with Crippen molar-refractivity contribution >= 4 is 11.8 Å². The predicted molar refractivity (Wildman–Crippen MR) is 79.3 cm³/mol. The maximum atomic E-state index is 12.8. The third-order valence-corrected chi connectivity index (χ3v) is 4.49. The van der Waals surface area contributed by atoms with E-state index in [0.717, 1.165) is 64.7 Å². The molecule has 0 spiro atoms. The third-order valence-electron chi connectivity index (χ3n) is 4.49. The van der Waals surface area contributed by atoms with Gasteiger partial charge in [-0.2, -0.15) is 0 Å². The second kappa shape index (κ2) is 6.59. The Balaban J connectivity index is 2.04. The molecule has 0 atom stereocenters. The van der Waals surface area contributed by atoms with E-state index in [9.17, 15) is 9.59 Å². The van der Waals surface area contributed by atoms with Crippen molar-refractivity contribution in [1.29, 1.82) is 0 Å². The zero-order chi connectivity index (χ0) is 14.6. The predicted octanol–water partition coefficient (Wildman–Crippen LogP) is 2.43. The molecule has 4 nitrogen and oxygen atoms in total. The van der Waals surface area contributed by atoms with Crippen LogP contribution in [0.5, 0.6) is 0 Å². The molecule has 2 amide bonds. The van der Waals surface area contributed by atoms with Crippen LogP contribution in [0, 0.1) is 5.41 Å². The maximum absolute atomic E-state index is 12.8. The van der Waals surface area contributed by atoms with Gasteiger partial charge in [-0.15, -0.1) is 0 Å². The number of piperidine rings is 1. The molecule has 0 aromatic heterocycles. The summed E-state index contributed by atoms with van der Waals surface area (Å²) in [7, 11) is 0. The van der Waals surface area contributed by atoms with Gasteiger partial charge < -0.3 is 9.80 Å². The van der Waals surface area contributed by atoms with Crippen LogP contribution in [0.2, 0.25) is 0 Å². The van der Waals surface area contributed by atoms with Crippen LogP contribution in [-0.2, 0) is 9.59 Å². The summed E-state index contributed by atoms with van der Waals surface area (Å²) in [5, 5.41) is 0. The van der Waals surface area contributed by atoms with Crippen molar-refractivity contribution in [2.24, 2.45) is 5.41 Å². The number of hydrogen-bond donors (Lipinski definition) is 0. The average molecular weight is 280 g/mol. The lowest BCUT2D eigenvalue weighted by molar-refractivity contribution is -0.150. The van der Waals surface area contributed by atoms with Gasteiger partial charge in [0, 0.05) is 26.2 Å². The Kier molecular flexibility index (Phi) is 5.06. The summed E-state index contributed by atoms with van der Waals surface area (Å²) in [5.41, 5.74) is -0.679. The summed E-state index contributed by atoms with van der Waals surface area (Å²) < 4.78 is 0. The highest BCUT2D eigenvalue weighted by Crippen LogP contribution is 2.49. The van der Waals surface area contributed by atoms with Gasteiger partial charge in [0.2, 0.25) is 11.8 Å². The molecule has 0 aromatic rings. The number of likely N-dealkylation sites (tertiary alicyclic amines) is 1. The Morgan fingerprint density at radius 2 is 1.55 bits per heavy atom. The quantitative estimate of drug-likeness (QED) is 0.701. The highest BCUT2D eigenvalue weighted by Gasteiger charge is 2.59. The molecule has 2 aliphatic rings. The van der Waals surface area contributed by atoms with Crippen molar-refractivity contribution in [2.45, 2.75) is 58.8 Å². The van der Waals surface area contributed by atoms with E-state index in [4.69, 9.17) is 0 Å². The van der Waals surface area contributed by atoms with Gasteiger partial charge in [-0.25, -0.2) is 0 Å². The van der Waals surface area contributed by atoms with E-state index in [1.807, 2.05) is 9.80 Å². The van der Waals surface area contributed by atoms with Crippen molar-refractivity contribution < 1.29 is 9.59 Å². The molecule has 2 rings (SSSR count). The van der Waals surface area contributed by atoms with Crippen LogP contribution in [0.15, 0.2) is 0 Å². The summed E-state index contributed by atoms with van der Waals surface area (Å²) >= 11 is 0. The molecule has 2 fully saturated rings. The second-order valence-electron chi connectivity index (χ2n) is 6.23. The molecule has 1 aliphatic heterocycles. The number of carbonyl (C=O) groups excluding carboxylic acids is 2. The second-order valence-corrected chi connectivity index (χ2v) is 6.23. The van der Waals surface area contributed by atoms with E-state index in [2.05, 4.69) is 13.8 Å². The highest BCUT2D eigenvalue weighted by atomic mass is 16.2. The largest absolute Gasteiger partial charge is 0.342 e. The minimum atomic E-state index is -0.679. The van der Waals surface area contributed by atoms with E-state index < -0.39 is 5.41 Å². The van der Waals surface area contributed by atoms with E-state index in [1.54, 1.807) is 0 Å². The van der Waals surface area contributed by atoms with Crippen LogP contribution in [0.3, 0.4) is 0 Å². The van der Waals surface area contributed by atoms with Gasteiger partial charge in [0.25, 0.3) is 0 Å². The van der Waals surface area contributed by atoms with Gasteiger partial charge in [-0.3, -0.25) is 9.59 Å². The first-order valence-electron chi connectivity index (χ1n) is 8.24. The lowest BCUT2D eigenvalue weighted by Gasteiger charge is -2.32. The van der Waals surface area contributed by atoms with Gasteiger partial charge in [0.05, 0.1) is 0 Å². The highest BCUT2D eigenvalue weighted by molar-refractivity contribution is 6.07. The van der Waals surface area contributed by atoms with Gasteiger partial charge in [0.1, 0.15) is 5.41 Å². The van der Waals surface area contributed by atoms with Crippen molar-refractivity contribution in [2.75, 3.05) is 26.2 Å². The van der Waals surface area contributed by atoms with E-state index in [0.29, 0.717) is 0 Å². The molecule has 0 unspecified atom stereocenters. The molecule has 20 heavy (non-hydrogen) atoms. The molecular formula is C16H28N2O2. The topological polar surface area (TPSA) is 40.6 Å². The lowest BCUT2D eigenvalue weighted by atomic mass is 10.0. The third kappa shape index (κ3) is 2.99. The summed E-state index contributed by atoms with van der Waals surface area (Å²) in [4.78, 5) is 29.3. The van der Waals surface area contributed by atoms with Crippen molar-refractivity contribution in [3.8, 4) is 0 Å². The molecule has 1 saturated heterocycles. The smallest absolute Gasteiger partial charge is 0.238 e. The average Bonchev–Trinajstić information content (AvgIpc) is 3.28. The van der Waals surface area contributed by atoms with Crippen molar-refractivity contribution in [3.63, 3.8) is 0 Å². The molecule has 1 heterocycles. The first kappa shape index (κ1) is 15.3. The summed E-state index contributed by atoms with van der Waals surface area (Å²) in [6.07, 6.45) is 6.81. The minimum Gasteiger partial charge on any atom is -0.342 e. The number of hydrogen-bond acceptors (Lipinski definition) is 2. The first-order valence-corrected chi connectivity index (χ1v) is 8.24. The molecular weight excluding hydrogens is 252 g/mol. The summed E-state index contributed by atoms with van der Waals surface area (Å²) in [6, 6.07) is 0. The molecule has 1 aliphatic carbocycles. The number of amides is 2. The van der Waals surface area contributed by atoms with Crippen molar-refractivity contribution in [3.05, 3.63) is 0 Å². The van der Waals surface area contributed by atoms with Gasteiger partial charge >= 0.3 is 0 Å². The fraction of sp³-hybridized carbons (Fsp3) is 0.875. The monoisotopic (exact) mass is 280 g/mol. The molecule has 0 radical (unpaired) electrons. The van der Waals surface area contributed by atoms with Crippen LogP contribution in [-0.4, -0.2) is 47.8 Å². The normalized spacial score (nSPS) is 20.6. The zero-order valence-electron chi connectivity index (χ0n) is 13.0. The molecule has 0 aromatic carbocycles. The van der Waals surface area contributed by atoms with Crippen LogP contribution >= 0.6 is 0 Å². The summed E-state index contributed by atoms with van der Waals surface area (Å²) in [6.45, 7) is 7.41. The van der Waals surface area contributed by atoms with Crippen LogP contribution in [0.1, 0.15) is 58.8 Å². The Bertz CT molecular complexity index is 351. The van der Waals surface area contributed by atoms with Gasteiger partial charge in [0.15, 0.2) is 0 Å². The number of nitrogens with zero attached hydrogens (tertiary/aromatic N) is 2. The van der Waals surface area contributed by atoms with Crippen LogP contribution < -0.4 is 0 Å². The van der Waals surface area contributed by atoms with E-state index in [-0.39, 0.29) is 11.8 Å². The number of rotatable bonds is 6. The molecule has 0 bridgehead atoms. The van der Waals surface area contributed by atoms with E-state index in [1.165, 1.54) is 6.42 Å². The SMILES string of the molecule is CCCN(CCC)C(=O)C1(C(=O)N2CCCCC2)CC1. The Hall–Kier alpha value is -1.06. The van der Waals surface area contributed by atoms with Crippen LogP contribution in [0.4, 0.5) is 0 Å². The standard InChI is InChI=1S/C16H28N2O2/c1-3-10-17(11-4-2)14(19)16(8-9-16)15(20)18-12-6-5-7-13-18/h3-13H2,1-2H3. The molecule has 114 valence electrons. The zero-order valence-corrected chi connectivity index (χ0v) is 13.0. The molecule has 1 saturated carbocycles. The number of carbonyl (C=O) groups is 2. The van der Waals surface area contributed by atoms with Gasteiger partial charge in [-0.05, 0) is 44.9 Å². The fourth-order valence-corrected chi connectivity index (χ4v) is 3.20. The lowest BCUT2D eigenvalue weighted by Crippen LogP contribution is -2.48. The minimum absolute atomic E-state index is 0.0942.